The van der Waals surface area contributed by atoms with Gasteiger partial charge in [0, 0.05) is 38.0 Å². The van der Waals surface area contributed by atoms with Gasteiger partial charge < -0.3 is 5.11 Å². The number of aromatic nitrogens is 1. The van der Waals surface area contributed by atoms with Gasteiger partial charge in [-0.3, -0.25) is 4.79 Å². The number of ketones is 1. The average molecular weight is 946 g/mol. The van der Waals surface area contributed by atoms with Crippen molar-refractivity contribution in [2.45, 2.75) is 98.8 Å². The minimum Gasteiger partial charge on any atom is 0 e. The van der Waals surface area contributed by atoms with Gasteiger partial charge in [-0.1, -0.05) is 55.4 Å². The molecular formula is C45H60GeIrNO2S-. The molecule has 5 aromatic rings. The molecule has 277 valence electrons. The quantitative estimate of drug-likeness (QED) is 0.0693. The molecule has 51 heavy (non-hydrogen) atoms. The Hall–Kier alpha value is -2.31. The Kier molecular flexibility index (Phi) is 13.5. The van der Waals surface area contributed by atoms with E-state index in [4.69, 9.17) is 2.74 Å². The topological polar surface area (TPSA) is 50.2 Å². The van der Waals surface area contributed by atoms with Crippen LogP contribution in [-0.2, 0) is 30.3 Å². The number of hydrogen-bond donors (Lipinski definition) is 1. The first-order valence-corrected chi connectivity index (χ1v) is 26.4. The molecule has 1 radical (unpaired) electrons. The fraction of sp³-hybridized carbons (Fsp3) is 0.467. The first-order valence-electron chi connectivity index (χ1n) is 19.3. The first-order chi connectivity index (χ1) is 24.1. The molecule has 0 aliphatic heterocycles. The monoisotopic (exact) mass is 947 g/mol. The Morgan fingerprint density at radius 3 is 1.96 bits per heavy atom. The summed E-state index contributed by atoms with van der Waals surface area (Å²) in [7, 11) is 0. The number of carbonyl (C=O) groups excluding carboxylic acids is 1. The average Bonchev–Trinajstić information content (AvgIpc) is 3.40. The van der Waals surface area contributed by atoms with Gasteiger partial charge in [-0.15, -0.1) is 0 Å². The maximum absolute atomic E-state index is 12.3. The van der Waals surface area contributed by atoms with Gasteiger partial charge in [-0.05, 0) is 23.7 Å². The summed E-state index contributed by atoms with van der Waals surface area (Å²) in [5.74, 6) is 8.84. The van der Waals surface area contributed by atoms with E-state index in [0.717, 1.165) is 32.1 Å². The molecule has 6 heteroatoms. The van der Waals surface area contributed by atoms with E-state index in [9.17, 15) is 9.90 Å². The van der Waals surface area contributed by atoms with Crippen molar-refractivity contribution in [3.63, 3.8) is 0 Å². The number of aliphatic hydroxyl groups is 1. The van der Waals surface area contributed by atoms with Gasteiger partial charge in [0.2, 0.25) is 0 Å². The number of benzene rings is 3. The minimum atomic E-state index is -2.13. The second kappa shape index (κ2) is 17.2. The van der Waals surface area contributed by atoms with Crippen LogP contribution in [0.3, 0.4) is 0 Å². The molecule has 0 atom stereocenters. The zero-order valence-electron chi connectivity index (χ0n) is 35.2. The van der Waals surface area contributed by atoms with E-state index in [0.29, 0.717) is 23.7 Å². The van der Waals surface area contributed by atoms with Crippen molar-refractivity contribution in [1.82, 2.24) is 4.98 Å². The zero-order chi connectivity index (χ0) is 39.0. The van der Waals surface area contributed by atoms with Crippen molar-refractivity contribution in [1.29, 1.82) is 0 Å². The number of pyridine rings is 1. The van der Waals surface area contributed by atoms with Crippen LogP contribution >= 0.6 is 11.3 Å². The Morgan fingerprint density at radius 2 is 1.41 bits per heavy atom. The third-order valence-electron chi connectivity index (χ3n) is 9.76. The van der Waals surface area contributed by atoms with Gasteiger partial charge in [0.1, 0.15) is 0 Å². The second-order valence-corrected chi connectivity index (χ2v) is 28.9. The predicted molar refractivity (Wildman–Crippen MR) is 223 cm³/mol. The van der Waals surface area contributed by atoms with Crippen molar-refractivity contribution in [3.05, 3.63) is 84.2 Å². The number of allylic oxidation sites excluding steroid dienone is 2. The molecule has 0 unspecified atom stereocenters. The fourth-order valence-electron chi connectivity index (χ4n) is 7.57. The number of nitrogens with zero attached hydrogens (tertiary/aromatic N) is 1. The molecule has 0 saturated heterocycles. The second-order valence-electron chi connectivity index (χ2n) is 17.3. The third-order valence-corrected chi connectivity index (χ3v) is 15.6. The summed E-state index contributed by atoms with van der Waals surface area (Å²) in [6.07, 6.45) is 1.51. The molecule has 0 spiro atoms. The first kappa shape index (κ1) is 39.9. The van der Waals surface area contributed by atoms with E-state index in [2.05, 4.69) is 147 Å². The number of thiophene rings is 1. The molecule has 0 amide bonds. The predicted octanol–water partition coefficient (Wildman–Crippen LogP) is 12.8. The van der Waals surface area contributed by atoms with Crippen LogP contribution in [0.2, 0.25) is 17.3 Å². The van der Waals surface area contributed by atoms with Crippen LogP contribution in [0.25, 0.3) is 42.2 Å². The summed E-state index contributed by atoms with van der Waals surface area (Å²) in [5, 5.41) is 14.5. The summed E-state index contributed by atoms with van der Waals surface area (Å²) in [6, 6.07) is 20.9. The smallest absolute Gasteiger partial charge is 0 e. The minimum absolute atomic E-state index is 0. The SMILES string of the molecule is CC(C)C(C(=O)/C=C(\O)C(C(C)C)C(C)C)C(C)C.[2H]c1nc(-c2[c-]c3ccccc3c(C(C)(C)C)c2)c2sc3[c]([Ge]([CH3])([CH3])[CH3])cccc3c2c1[2H].[Ir]. The van der Waals surface area contributed by atoms with Crippen LogP contribution < -0.4 is 4.40 Å². The van der Waals surface area contributed by atoms with Crippen molar-refractivity contribution in [3.8, 4) is 11.3 Å². The maximum atomic E-state index is 12.3. The van der Waals surface area contributed by atoms with Gasteiger partial charge in [0.15, 0.2) is 5.78 Å². The summed E-state index contributed by atoms with van der Waals surface area (Å²) < 4.78 is 20.9. The van der Waals surface area contributed by atoms with Gasteiger partial charge >= 0.3 is 195 Å². The molecule has 5 rings (SSSR count). The Morgan fingerprint density at radius 1 is 0.843 bits per heavy atom. The number of carbonyl (C=O) groups is 1. The Labute approximate surface area is 331 Å². The van der Waals surface area contributed by atoms with Gasteiger partial charge in [-0.25, -0.2) is 0 Å². The van der Waals surface area contributed by atoms with E-state index in [-0.39, 0.29) is 61.1 Å². The number of hydrogen-bond acceptors (Lipinski definition) is 4. The van der Waals surface area contributed by atoms with E-state index < -0.39 is 13.3 Å². The zero-order valence-corrected chi connectivity index (χ0v) is 38.5. The molecular weight excluding hydrogens is 883 g/mol. The summed E-state index contributed by atoms with van der Waals surface area (Å²) in [6.45, 7) is 23.3. The molecule has 0 bridgehead atoms. The van der Waals surface area contributed by atoms with E-state index in [1.807, 2.05) is 6.07 Å². The molecule has 0 aliphatic carbocycles. The molecule has 2 aromatic heterocycles. The summed E-state index contributed by atoms with van der Waals surface area (Å²) in [4.78, 5) is 17.0. The fourth-order valence-corrected chi connectivity index (χ4v) is 13.6. The largest absolute Gasteiger partial charge is 0 e. The molecule has 0 saturated carbocycles. The Balaban J connectivity index is 0.000000327. The van der Waals surface area contributed by atoms with Crippen LogP contribution in [0, 0.1) is 41.6 Å². The van der Waals surface area contributed by atoms with Crippen LogP contribution in [0.15, 0.2) is 72.6 Å². The summed E-state index contributed by atoms with van der Waals surface area (Å²) in [5.41, 5.74) is 2.88. The van der Waals surface area contributed by atoms with Crippen molar-refractivity contribution >= 4 is 65.7 Å². The van der Waals surface area contributed by atoms with Crippen molar-refractivity contribution < 1.29 is 32.7 Å². The molecule has 0 fully saturated rings. The Bertz CT molecular complexity index is 2090. The van der Waals surface area contributed by atoms with E-state index >= 15 is 0 Å². The normalized spacial score (nSPS) is 13.5. The molecule has 0 aliphatic rings. The van der Waals surface area contributed by atoms with Crippen LogP contribution in [-0.4, -0.2) is 29.1 Å². The number of rotatable bonds is 9. The van der Waals surface area contributed by atoms with Gasteiger partial charge in [0.05, 0.1) is 5.76 Å². The third kappa shape index (κ3) is 9.82. The van der Waals surface area contributed by atoms with Crippen LogP contribution in [0.1, 0.15) is 84.5 Å². The van der Waals surface area contributed by atoms with Gasteiger partial charge in [0.25, 0.3) is 0 Å². The van der Waals surface area contributed by atoms with Crippen molar-refractivity contribution in [2.75, 3.05) is 0 Å². The molecule has 1 N–H and O–H groups in total. The van der Waals surface area contributed by atoms with Crippen LogP contribution in [0.5, 0.6) is 0 Å². The molecule has 3 nitrogen and oxygen atoms in total. The molecule has 2 heterocycles. The van der Waals surface area contributed by atoms with Crippen LogP contribution in [0.4, 0.5) is 0 Å². The van der Waals surface area contributed by atoms with E-state index in [1.165, 1.54) is 26.1 Å². The van der Waals surface area contributed by atoms with Crippen molar-refractivity contribution in [2.24, 2.45) is 35.5 Å². The maximum Gasteiger partial charge on any atom is 0 e. The number of aliphatic hydroxyl groups excluding tert-OH is 1. The number of fused-ring (bicyclic) bond motifs is 4. The van der Waals surface area contributed by atoms with Gasteiger partial charge in [-0.2, -0.15) is 0 Å². The summed E-state index contributed by atoms with van der Waals surface area (Å²) >= 11 is -0.393. The van der Waals surface area contributed by atoms with E-state index in [1.54, 1.807) is 11.3 Å². The standard InChI is InChI=1S/C28H28GeNS.C17H32O2.Ir/c1-28(2,3)23-17-19(16-18-10-7-8-11-20(18)23)25-27-22(14-15-30-25)21-12-9-13-24(26(21)31-27)29(4,5)6;1-10(2)16(11(3)4)14(18)9-15(19)17(12(5)6)13(7)8;/h7-15,17H,1-6H3;9-13,16-18H,1-8H3;/q-1;;/b;14-9-;/i14D,15D;;. The molecule has 3 aromatic carbocycles.